The smallest absolute Gasteiger partial charge is 0.231 e. The van der Waals surface area contributed by atoms with Crippen LogP contribution in [0.1, 0.15) is 10.6 Å². The van der Waals surface area contributed by atoms with E-state index in [1.54, 1.807) is 0 Å². The molecule has 1 heterocycles. The van der Waals surface area contributed by atoms with Gasteiger partial charge in [-0.2, -0.15) is 0 Å². The Morgan fingerprint density at radius 3 is 2.70 bits per heavy atom. The molecule has 0 aliphatic heterocycles. The number of para-hydroxylation sites is 1. The zero-order chi connectivity index (χ0) is 16.2. The van der Waals surface area contributed by atoms with Crippen molar-refractivity contribution in [1.29, 1.82) is 0 Å². The van der Waals surface area contributed by atoms with E-state index >= 15 is 0 Å². The van der Waals surface area contributed by atoms with Crippen LogP contribution in [0.25, 0.3) is 11.3 Å². The second-order valence-electron chi connectivity index (χ2n) is 5.15. The Balaban J connectivity index is 1.71. The van der Waals surface area contributed by atoms with Crippen molar-refractivity contribution >= 4 is 34.5 Å². The number of aromatic nitrogens is 1. The summed E-state index contributed by atoms with van der Waals surface area (Å²) in [6.45, 7) is 1.97. The lowest BCUT2D eigenvalue weighted by Gasteiger charge is -2.06. The summed E-state index contributed by atoms with van der Waals surface area (Å²) in [5.41, 5.74) is 3.56. The summed E-state index contributed by atoms with van der Waals surface area (Å²) in [4.78, 5) is 16.7. The van der Waals surface area contributed by atoms with Gasteiger partial charge in [0.05, 0.1) is 12.1 Å². The van der Waals surface area contributed by atoms with Crippen molar-refractivity contribution in [1.82, 2.24) is 4.98 Å². The maximum absolute atomic E-state index is 12.2. The van der Waals surface area contributed by atoms with Crippen molar-refractivity contribution in [2.75, 3.05) is 5.32 Å². The molecular formula is C18H15ClN2OS. The average molecular weight is 343 g/mol. The summed E-state index contributed by atoms with van der Waals surface area (Å²) in [6.07, 6.45) is 0.253. The van der Waals surface area contributed by atoms with Crippen LogP contribution in [-0.2, 0) is 11.2 Å². The van der Waals surface area contributed by atoms with Crippen molar-refractivity contribution in [2.45, 2.75) is 13.3 Å². The van der Waals surface area contributed by atoms with Crippen LogP contribution in [0, 0.1) is 6.92 Å². The second-order valence-corrected chi connectivity index (χ2v) is 6.50. The fourth-order valence-corrected chi connectivity index (χ4v) is 3.25. The van der Waals surface area contributed by atoms with Gasteiger partial charge in [0.2, 0.25) is 5.91 Å². The molecule has 3 nitrogen and oxygen atoms in total. The van der Waals surface area contributed by atoms with Crippen LogP contribution >= 0.6 is 22.9 Å². The van der Waals surface area contributed by atoms with Gasteiger partial charge in [-0.15, -0.1) is 11.3 Å². The van der Waals surface area contributed by atoms with E-state index in [4.69, 9.17) is 11.6 Å². The average Bonchev–Trinajstić information content (AvgIpc) is 2.98. The number of amides is 1. The molecule has 0 saturated heterocycles. The van der Waals surface area contributed by atoms with Crippen LogP contribution < -0.4 is 5.32 Å². The summed E-state index contributed by atoms with van der Waals surface area (Å²) in [6, 6.07) is 15.3. The third kappa shape index (κ3) is 3.78. The first kappa shape index (κ1) is 15.7. The number of rotatable bonds is 4. The molecule has 5 heteroatoms. The number of hydrogen-bond acceptors (Lipinski definition) is 3. The largest absolute Gasteiger partial charge is 0.325 e. The minimum absolute atomic E-state index is 0.0700. The third-order valence-corrected chi connectivity index (χ3v) is 4.61. The van der Waals surface area contributed by atoms with Gasteiger partial charge in [-0.1, -0.05) is 48.0 Å². The molecule has 1 amide bonds. The Bertz CT molecular complexity index is 844. The molecule has 3 rings (SSSR count). The van der Waals surface area contributed by atoms with E-state index in [1.807, 2.05) is 60.8 Å². The van der Waals surface area contributed by atoms with Gasteiger partial charge in [0, 0.05) is 21.7 Å². The molecule has 0 aliphatic carbocycles. The van der Waals surface area contributed by atoms with E-state index < -0.39 is 0 Å². The number of hydrogen-bond donors (Lipinski definition) is 1. The van der Waals surface area contributed by atoms with Gasteiger partial charge >= 0.3 is 0 Å². The Hall–Kier alpha value is -2.17. The molecule has 1 N–H and O–H groups in total. The maximum Gasteiger partial charge on any atom is 0.231 e. The van der Waals surface area contributed by atoms with Crippen molar-refractivity contribution in [3.8, 4) is 11.3 Å². The minimum Gasteiger partial charge on any atom is -0.325 e. The fourth-order valence-electron chi connectivity index (χ4n) is 2.23. The summed E-state index contributed by atoms with van der Waals surface area (Å²) < 4.78 is 0. The van der Waals surface area contributed by atoms with Crippen LogP contribution in [0.5, 0.6) is 0 Å². The standard InChI is InChI=1S/C18H15ClN2OS/c1-12-6-2-5-9-15(12)20-17(22)10-18-21-16(11-23-18)13-7-3-4-8-14(13)19/h2-9,11H,10H2,1H3,(H,20,22). The van der Waals surface area contributed by atoms with Gasteiger partial charge < -0.3 is 5.32 Å². The molecule has 2 aromatic carbocycles. The first-order valence-electron chi connectivity index (χ1n) is 7.18. The highest BCUT2D eigenvalue weighted by Crippen LogP contribution is 2.28. The molecule has 1 aromatic heterocycles. The van der Waals surface area contributed by atoms with Gasteiger partial charge in [0.25, 0.3) is 0 Å². The SMILES string of the molecule is Cc1ccccc1NC(=O)Cc1nc(-c2ccccc2Cl)cs1. The number of carbonyl (C=O) groups is 1. The molecule has 0 aliphatic rings. The zero-order valence-corrected chi connectivity index (χ0v) is 14.1. The molecule has 0 fully saturated rings. The number of nitrogens with one attached hydrogen (secondary N) is 1. The second kappa shape index (κ2) is 6.94. The molecule has 0 unspecified atom stereocenters. The van der Waals surface area contributed by atoms with Crippen LogP contribution in [0.2, 0.25) is 5.02 Å². The Labute approximate surface area is 144 Å². The van der Waals surface area contributed by atoms with E-state index in [0.29, 0.717) is 5.02 Å². The van der Waals surface area contributed by atoms with E-state index in [9.17, 15) is 4.79 Å². The predicted molar refractivity (Wildman–Crippen MR) is 96.1 cm³/mol. The summed E-state index contributed by atoms with van der Waals surface area (Å²) in [7, 11) is 0. The topological polar surface area (TPSA) is 42.0 Å². The molecule has 0 spiro atoms. The third-order valence-electron chi connectivity index (χ3n) is 3.43. The first-order valence-corrected chi connectivity index (χ1v) is 8.44. The van der Waals surface area contributed by atoms with Crippen LogP contribution in [0.3, 0.4) is 0 Å². The Kier molecular flexibility index (Phi) is 4.74. The lowest BCUT2D eigenvalue weighted by molar-refractivity contribution is -0.115. The zero-order valence-electron chi connectivity index (χ0n) is 12.5. The molecule has 116 valence electrons. The van der Waals surface area contributed by atoms with E-state index in [0.717, 1.165) is 27.5 Å². The highest BCUT2D eigenvalue weighted by Gasteiger charge is 2.11. The van der Waals surface area contributed by atoms with Gasteiger partial charge in [-0.25, -0.2) is 4.98 Å². The minimum atomic E-state index is -0.0700. The van der Waals surface area contributed by atoms with Crippen molar-refractivity contribution < 1.29 is 4.79 Å². The number of thiazole rings is 1. The molecule has 0 radical (unpaired) electrons. The normalized spacial score (nSPS) is 10.5. The summed E-state index contributed by atoms with van der Waals surface area (Å²) in [5, 5.41) is 6.28. The number of nitrogens with zero attached hydrogens (tertiary/aromatic N) is 1. The maximum atomic E-state index is 12.2. The van der Waals surface area contributed by atoms with Crippen molar-refractivity contribution in [3.63, 3.8) is 0 Å². The van der Waals surface area contributed by atoms with Gasteiger partial charge in [0.15, 0.2) is 0 Å². The fraction of sp³-hybridized carbons (Fsp3) is 0.111. The number of halogens is 1. The van der Waals surface area contributed by atoms with Gasteiger partial charge in [-0.3, -0.25) is 4.79 Å². The quantitative estimate of drug-likeness (QED) is 0.728. The van der Waals surface area contributed by atoms with Crippen molar-refractivity contribution in [3.05, 3.63) is 69.5 Å². The van der Waals surface area contributed by atoms with E-state index in [-0.39, 0.29) is 12.3 Å². The number of carbonyl (C=O) groups excluding carboxylic acids is 1. The lowest BCUT2D eigenvalue weighted by Crippen LogP contribution is -2.14. The van der Waals surface area contributed by atoms with Crippen LogP contribution in [0.4, 0.5) is 5.69 Å². The first-order chi connectivity index (χ1) is 11.1. The van der Waals surface area contributed by atoms with Crippen LogP contribution in [-0.4, -0.2) is 10.9 Å². The highest BCUT2D eigenvalue weighted by atomic mass is 35.5. The highest BCUT2D eigenvalue weighted by molar-refractivity contribution is 7.10. The molecule has 3 aromatic rings. The molecular weight excluding hydrogens is 328 g/mol. The molecule has 0 atom stereocenters. The predicted octanol–water partition coefficient (Wildman–Crippen LogP) is 4.95. The van der Waals surface area contributed by atoms with E-state index in [1.165, 1.54) is 11.3 Å². The molecule has 23 heavy (non-hydrogen) atoms. The lowest BCUT2D eigenvalue weighted by atomic mass is 10.2. The summed E-state index contributed by atoms with van der Waals surface area (Å²) >= 11 is 7.65. The number of benzene rings is 2. The molecule has 0 bridgehead atoms. The Morgan fingerprint density at radius 2 is 1.91 bits per heavy atom. The van der Waals surface area contributed by atoms with Crippen molar-refractivity contribution in [2.24, 2.45) is 0 Å². The summed E-state index contributed by atoms with van der Waals surface area (Å²) in [5.74, 6) is -0.0700. The van der Waals surface area contributed by atoms with Gasteiger partial charge in [0.1, 0.15) is 5.01 Å². The van der Waals surface area contributed by atoms with Gasteiger partial charge in [-0.05, 0) is 24.6 Å². The Morgan fingerprint density at radius 1 is 1.17 bits per heavy atom. The molecule has 0 saturated carbocycles. The number of anilines is 1. The number of aryl methyl sites for hydroxylation is 1. The van der Waals surface area contributed by atoms with Crippen LogP contribution in [0.15, 0.2) is 53.9 Å². The monoisotopic (exact) mass is 342 g/mol. The van der Waals surface area contributed by atoms with E-state index in [2.05, 4.69) is 10.3 Å².